The van der Waals surface area contributed by atoms with Crippen LogP contribution in [0.5, 0.6) is 0 Å². The molecule has 2 saturated heterocycles. The van der Waals surface area contributed by atoms with Crippen LogP contribution in [0.1, 0.15) is 40.1 Å². The van der Waals surface area contributed by atoms with E-state index >= 15 is 0 Å². The van der Waals surface area contributed by atoms with Gasteiger partial charge in [0, 0.05) is 37.7 Å². The van der Waals surface area contributed by atoms with Gasteiger partial charge in [0.1, 0.15) is 11.1 Å². The van der Waals surface area contributed by atoms with Crippen molar-refractivity contribution in [3.63, 3.8) is 0 Å². The monoisotopic (exact) mass is 406 g/mol. The fourth-order valence-electron chi connectivity index (χ4n) is 4.22. The van der Waals surface area contributed by atoms with Crippen molar-refractivity contribution in [3.8, 4) is 0 Å². The lowest BCUT2D eigenvalue weighted by Gasteiger charge is -2.35. The third kappa shape index (κ3) is 3.92. The molecule has 3 N–H and O–H groups in total. The molecule has 1 aliphatic carbocycles. The fraction of sp³-hybridized carbons (Fsp3) is 0.632. The van der Waals surface area contributed by atoms with Crippen molar-refractivity contribution in [2.45, 2.75) is 38.2 Å². The van der Waals surface area contributed by atoms with E-state index in [1.165, 1.54) is 11.3 Å². The maximum Gasteiger partial charge on any atom is 0.251 e. The number of aryl methyl sites for hydroxylation is 1. The summed E-state index contributed by atoms with van der Waals surface area (Å²) in [6.45, 7) is 3.40. The number of amides is 3. The van der Waals surface area contributed by atoms with Crippen LogP contribution in [0.15, 0.2) is 0 Å². The van der Waals surface area contributed by atoms with Gasteiger partial charge >= 0.3 is 0 Å². The van der Waals surface area contributed by atoms with Crippen LogP contribution in [-0.2, 0) is 27.2 Å². The van der Waals surface area contributed by atoms with E-state index in [2.05, 4.69) is 5.32 Å². The molecule has 0 radical (unpaired) electrons. The Morgan fingerprint density at radius 2 is 1.93 bits per heavy atom. The summed E-state index contributed by atoms with van der Waals surface area (Å²) in [6.07, 6.45) is 4.27. The predicted octanol–water partition coefficient (Wildman–Crippen LogP) is 0.597. The van der Waals surface area contributed by atoms with Crippen LogP contribution in [0.3, 0.4) is 0 Å². The largest absolute Gasteiger partial charge is 0.368 e. The van der Waals surface area contributed by atoms with E-state index in [1.54, 1.807) is 0 Å². The Hall–Kier alpha value is -1.97. The van der Waals surface area contributed by atoms with Crippen LogP contribution >= 0.6 is 11.3 Å². The van der Waals surface area contributed by atoms with Crippen molar-refractivity contribution in [1.29, 1.82) is 0 Å². The molecule has 3 heterocycles. The Kier molecular flexibility index (Phi) is 5.65. The molecule has 0 unspecified atom stereocenters. The van der Waals surface area contributed by atoms with Crippen LogP contribution in [-0.4, -0.2) is 73.0 Å². The summed E-state index contributed by atoms with van der Waals surface area (Å²) in [5, 5.41) is 3.46. The Morgan fingerprint density at radius 1 is 1.14 bits per heavy atom. The zero-order valence-electron chi connectivity index (χ0n) is 15.9. The average Bonchev–Trinajstić information content (AvgIpc) is 3.38. The first-order valence-corrected chi connectivity index (χ1v) is 10.7. The van der Waals surface area contributed by atoms with Crippen LogP contribution in [0, 0.1) is 0 Å². The van der Waals surface area contributed by atoms with Crippen LogP contribution in [0.4, 0.5) is 5.00 Å². The van der Waals surface area contributed by atoms with E-state index in [4.69, 9.17) is 10.5 Å². The van der Waals surface area contributed by atoms with Gasteiger partial charge < -0.3 is 20.7 Å². The van der Waals surface area contributed by atoms with E-state index in [0.717, 1.165) is 42.5 Å². The fourth-order valence-corrected chi connectivity index (χ4v) is 5.54. The third-order valence-corrected chi connectivity index (χ3v) is 6.88. The first-order valence-electron chi connectivity index (χ1n) is 9.90. The van der Waals surface area contributed by atoms with E-state index in [9.17, 15) is 14.4 Å². The van der Waals surface area contributed by atoms with Gasteiger partial charge in [-0.1, -0.05) is 0 Å². The molecule has 152 valence electrons. The van der Waals surface area contributed by atoms with Gasteiger partial charge in [-0.2, -0.15) is 0 Å². The zero-order chi connectivity index (χ0) is 19.7. The third-order valence-electron chi connectivity index (χ3n) is 5.68. The molecule has 1 atom stereocenters. The lowest BCUT2D eigenvalue weighted by molar-refractivity contribution is -0.142. The maximum absolute atomic E-state index is 12.5. The molecule has 0 saturated carbocycles. The van der Waals surface area contributed by atoms with Gasteiger partial charge in [-0.3, -0.25) is 19.3 Å². The first kappa shape index (κ1) is 19.4. The van der Waals surface area contributed by atoms with Crippen molar-refractivity contribution in [1.82, 2.24) is 9.80 Å². The number of fused-ring (bicyclic) bond motifs is 1. The second kappa shape index (κ2) is 8.18. The Bertz CT molecular complexity index is 779. The van der Waals surface area contributed by atoms with Gasteiger partial charge in [0.2, 0.25) is 5.91 Å². The second-order valence-corrected chi connectivity index (χ2v) is 8.68. The number of nitrogens with one attached hydrogen (secondary N) is 1. The Morgan fingerprint density at radius 3 is 2.61 bits per heavy atom. The molecule has 3 aliphatic rings. The highest BCUT2D eigenvalue weighted by Gasteiger charge is 2.31. The number of anilines is 1. The Labute approximate surface area is 168 Å². The van der Waals surface area contributed by atoms with E-state index < -0.39 is 5.91 Å². The number of rotatable bonds is 5. The lowest BCUT2D eigenvalue weighted by Crippen LogP contribution is -2.52. The number of hydrogen-bond donors (Lipinski definition) is 2. The second-order valence-electron chi connectivity index (χ2n) is 7.58. The smallest absolute Gasteiger partial charge is 0.251 e. The predicted molar refractivity (Wildman–Crippen MR) is 105 cm³/mol. The first-order chi connectivity index (χ1) is 13.5. The van der Waals surface area contributed by atoms with Crippen LogP contribution < -0.4 is 11.1 Å². The van der Waals surface area contributed by atoms with Crippen molar-refractivity contribution in [2.24, 2.45) is 5.73 Å². The highest BCUT2D eigenvalue weighted by Crippen LogP contribution is 2.38. The highest BCUT2D eigenvalue weighted by atomic mass is 32.1. The van der Waals surface area contributed by atoms with E-state index in [0.29, 0.717) is 43.4 Å². The minimum atomic E-state index is -0.476. The summed E-state index contributed by atoms with van der Waals surface area (Å²) in [5.74, 6) is -0.557. The highest BCUT2D eigenvalue weighted by molar-refractivity contribution is 7.17. The topological polar surface area (TPSA) is 105 Å². The van der Waals surface area contributed by atoms with Crippen molar-refractivity contribution in [3.05, 3.63) is 16.0 Å². The number of primary amides is 1. The normalized spacial score (nSPS) is 22.3. The lowest BCUT2D eigenvalue weighted by atomic mass is 10.1. The van der Waals surface area contributed by atoms with Gasteiger partial charge in [-0.25, -0.2) is 0 Å². The minimum Gasteiger partial charge on any atom is -0.368 e. The Balaban J connectivity index is 1.30. The van der Waals surface area contributed by atoms with Gasteiger partial charge in [-0.15, -0.1) is 11.3 Å². The van der Waals surface area contributed by atoms with Crippen LogP contribution in [0.25, 0.3) is 0 Å². The number of piperazine rings is 1. The summed E-state index contributed by atoms with van der Waals surface area (Å²) >= 11 is 1.47. The van der Waals surface area contributed by atoms with E-state index in [-0.39, 0.29) is 24.5 Å². The molecule has 0 spiro atoms. The molecule has 8 nitrogen and oxygen atoms in total. The maximum atomic E-state index is 12.5. The van der Waals surface area contributed by atoms with E-state index in [1.807, 2.05) is 9.80 Å². The quantitative estimate of drug-likeness (QED) is 0.745. The summed E-state index contributed by atoms with van der Waals surface area (Å²) < 4.78 is 5.48. The minimum absolute atomic E-state index is 0.0702. The molecule has 1 aromatic rings. The van der Waals surface area contributed by atoms with Gasteiger partial charge in [-0.05, 0) is 37.7 Å². The number of thiophene rings is 1. The van der Waals surface area contributed by atoms with Gasteiger partial charge in [0.25, 0.3) is 11.8 Å². The zero-order valence-corrected chi connectivity index (χ0v) is 16.7. The molecule has 2 aliphatic heterocycles. The summed E-state index contributed by atoms with van der Waals surface area (Å²) in [6, 6.07) is 0. The molecule has 4 rings (SSSR count). The molecule has 9 heteroatoms. The number of carbonyl (C=O) groups excluding carboxylic acids is 3. The standard InChI is InChI=1S/C19H26N4O4S/c20-17(25)16-12-3-1-5-14(12)28-18(16)21-15(24)11-22-6-8-23(9-7-22)19(26)13-4-2-10-27-13/h13H,1-11H2,(H2,20,25)(H,21,24)/t13-/m1/s1. The van der Waals surface area contributed by atoms with Crippen molar-refractivity contribution in [2.75, 3.05) is 44.6 Å². The number of hydrogen-bond acceptors (Lipinski definition) is 6. The summed E-state index contributed by atoms with van der Waals surface area (Å²) in [7, 11) is 0. The molecule has 2 fully saturated rings. The number of nitrogens with zero attached hydrogens (tertiary/aromatic N) is 2. The molecular weight excluding hydrogens is 380 g/mol. The molecule has 0 aromatic carbocycles. The molecule has 1 aromatic heterocycles. The van der Waals surface area contributed by atoms with Crippen LogP contribution in [0.2, 0.25) is 0 Å². The van der Waals surface area contributed by atoms with Crippen molar-refractivity contribution < 1.29 is 19.1 Å². The van der Waals surface area contributed by atoms with Gasteiger partial charge in [0.05, 0.1) is 12.1 Å². The number of nitrogens with two attached hydrogens (primary N) is 1. The molecule has 0 bridgehead atoms. The average molecular weight is 407 g/mol. The SMILES string of the molecule is NC(=O)c1c(NC(=O)CN2CCN(C(=O)[C@H]3CCCO3)CC2)sc2c1CCC2. The number of ether oxygens (including phenoxy) is 1. The molecule has 28 heavy (non-hydrogen) atoms. The van der Waals surface area contributed by atoms with Crippen molar-refractivity contribution >= 4 is 34.1 Å². The van der Waals surface area contributed by atoms with Gasteiger partial charge in [0.15, 0.2) is 0 Å². The summed E-state index contributed by atoms with van der Waals surface area (Å²) in [4.78, 5) is 41.8. The summed E-state index contributed by atoms with van der Waals surface area (Å²) in [5.41, 5.74) is 7.04. The number of carbonyl (C=O) groups is 3. The molecular formula is C19H26N4O4S. The molecule has 3 amide bonds.